The van der Waals surface area contributed by atoms with Gasteiger partial charge in [0.2, 0.25) is 0 Å². The van der Waals surface area contributed by atoms with Gasteiger partial charge in [-0.25, -0.2) is 0 Å². The Balaban J connectivity index is 2.21. The number of nitro benzene ring substituents is 1. The summed E-state index contributed by atoms with van der Waals surface area (Å²) in [5.41, 5.74) is 1.99. The number of nitrogens with one attached hydrogen (secondary N) is 1. The fourth-order valence-electron chi connectivity index (χ4n) is 1.81. The van der Waals surface area contributed by atoms with Crippen molar-refractivity contribution in [2.75, 3.05) is 0 Å². The Hall–Kier alpha value is -1.91. The minimum absolute atomic E-state index is 0.130. The molecule has 1 aromatic heterocycles. The molecule has 5 heteroatoms. The van der Waals surface area contributed by atoms with Crippen LogP contribution in [0.5, 0.6) is 0 Å². The van der Waals surface area contributed by atoms with Gasteiger partial charge in [-0.05, 0) is 18.9 Å². The summed E-state index contributed by atoms with van der Waals surface area (Å²) in [6, 6.07) is 4.78. The second kappa shape index (κ2) is 2.79. The number of nitrogens with zero attached hydrogens (tertiary/aromatic N) is 2. The van der Waals surface area contributed by atoms with E-state index in [1.165, 1.54) is 6.07 Å². The number of hydrogen-bond acceptors (Lipinski definition) is 3. The van der Waals surface area contributed by atoms with Crippen molar-refractivity contribution in [1.82, 2.24) is 10.2 Å². The summed E-state index contributed by atoms with van der Waals surface area (Å²) < 4.78 is 0. The van der Waals surface area contributed by atoms with E-state index in [1.807, 2.05) is 0 Å². The molecule has 1 aliphatic rings. The molecule has 0 unspecified atom stereocenters. The lowest BCUT2D eigenvalue weighted by Gasteiger charge is -1.94. The normalized spacial score (nSPS) is 15.7. The molecule has 15 heavy (non-hydrogen) atoms. The van der Waals surface area contributed by atoms with Gasteiger partial charge < -0.3 is 0 Å². The molecular weight excluding hydrogens is 194 g/mol. The van der Waals surface area contributed by atoms with E-state index in [2.05, 4.69) is 10.2 Å². The van der Waals surface area contributed by atoms with Crippen molar-refractivity contribution in [3.8, 4) is 0 Å². The molecule has 1 aromatic carbocycles. The van der Waals surface area contributed by atoms with Crippen LogP contribution in [0.2, 0.25) is 0 Å². The standard InChI is InChI=1S/C10H9N3O2/c14-13(15)7-3-4-9-8(5-7)10(12-11-9)6-1-2-6/h3-6H,1-2H2,(H,11,12). The lowest BCUT2D eigenvalue weighted by molar-refractivity contribution is -0.384. The minimum atomic E-state index is -0.372. The Morgan fingerprint density at radius 1 is 1.47 bits per heavy atom. The van der Waals surface area contributed by atoms with E-state index in [9.17, 15) is 10.1 Å². The van der Waals surface area contributed by atoms with E-state index in [0.29, 0.717) is 5.92 Å². The minimum Gasteiger partial charge on any atom is -0.281 e. The van der Waals surface area contributed by atoms with Crippen LogP contribution in [0.4, 0.5) is 5.69 Å². The van der Waals surface area contributed by atoms with Gasteiger partial charge in [0.25, 0.3) is 5.69 Å². The summed E-state index contributed by atoms with van der Waals surface area (Å²) in [6.45, 7) is 0. The smallest absolute Gasteiger partial charge is 0.270 e. The fraction of sp³-hybridized carbons (Fsp3) is 0.300. The zero-order valence-corrected chi connectivity index (χ0v) is 7.93. The Kier molecular flexibility index (Phi) is 1.56. The Bertz CT molecular complexity index is 543. The molecule has 0 atom stereocenters. The molecular formula is C10H9N3O2. The van der Waals surface area contributed by atoms with Gasteiger partial charge in [-0.3, -0.25) is 15.2 Å². The number of nitro groups is 1. The molecule has 1 aliphatic carbocycles. The van der Waals surface area contributed by atoms with E-state index >= 15 is 0 Å². The molecule has 1 N–H and O–H groups in total. The predicted molar refractivity (Wildman–Crippen MR) is 54.7 cm³/mol. The first-order valence-electron chi connectivity index (χ1n) is 4.88. The lowest BCUT2D eigenvalue weighted by Crippen LogP contribution is -1.87. The van der Waals surface area contributed by atoms with Gasteiger partial charge in [-0.1, -0.05) is 0 Å². The van der Waals surface area contributed by atoms with Crippen LogP contribution in [-0.2, 0) is 0 Å². The quantitative estimate of drug-likeness (QED) is 0.601. The number of aromatic nitrogens is 2. The second-order valence-corrected chi connectivity index (χ2v) is 3.87. The maximum Gasteiger partial charge on any atom is 0.270 e. The molecule has 0 amide bonds. The van der Waals surface area contributed by atoms with E-state index in [0.717, 1.165) is 29.4 Å². The van der Waals surface area contributed by atoms with Crippen molar-refractivity contribution in [2.45, 2.75) is 18.8 Å². The molecule has 0 aliphatic heterocycles. The largest absolute Gasteiger partial charge is 0.281 e. The topological polar surface area (TPSA) is 71.8 Å². The molecule has 0 radical (unpaired) electrons. The molecule has 1 saturated carbocycles. The average Bonchev–Trinajstić information content (AvgIpc) is 2.98. The van der Waals surface area contributed by atoms with E-state index < -0.39 is 0 Å². The van der Waals surface area contributed by atoms with Crippen molar-refractivity contribution >= 4 is 16.6 Å². The number of rotatable bonds is 2. The Morgan fingerprint density at radius 3 is 2.93 bits per heavy atom. The highest BCUT2D eigenvalue weighted by molar-refractivity contribution is 5.84. The first-order chi connectivity index (χ1) is 7.25. The predicted octanol–water partition coefficient (Wildman–Crippen LogP) is 2.35. The third kappa shape index (κ3) is 1.27. The SMILES string of the molecule is O=[N+]([O-])c1ccc2n[nH]c(C3CC3)c2c1. The Labute approximate surface area is 85.3 Å². The first kappa shape index (κ1) is 8.40. The van der Waals surface area contributed by atoms with Crippen LogP contribution in [0.3, 0.4) is 0 Å². The Morgan fingerprint density at radius 2 is 2.27 bits per heavy atom. The van der Waals surface area contributed by atoms with Crippen molar-refractivity contribution in [2.24, 2.45) is 0 Å². The molecule has 3 rings (SSSR count). The van der Waals surface area contributed by atoms with Crippen LogP contribution in [0.15, 0.2) is 18.2 Å². The highest BCUT2D eigenvalue weighted by atomic mass is 16.6. The van der Waals surface area contributed by atoms with Gasteiger partial charge in [-0.15, -0.1) is 0 Å². The first-order valence-corrected chi connectivity index (χ1v) is 4.88. The van der Waals surface area contributed by atoms with Crippen LogP contribution in [0.1, 0.15) is 24.5 Å². The maximum atomic E-state index is 10.6. The molecule has 1 fully saturated rings. The van der Waals surface area contributed by atoms with Crippen LogP contribution in [0.25, 0.3) is 10.9 Å². The number of benzene rings is 1. The summed E-state index contributed by atoms with van der Waals surface area (Å²) in [4.78, 5) is 10.3. The third-order valence-corrected chi connectivity index (χ3v) is 2.76. The average molecular weight is 203 g/mol. The van der Waals surface area contributed by atoms with Crippen molar-refractivity contribution in [3.63, 3.8) is 0 Å². The van der Waals surface area contributed by atoms with Gasteiger partial charge in [0, 0.05) is 29.1 Å². The van der Waals surface area contributed by atoms with Crippen molar-refractivity contribution < 1.29 is 4.92 Å². The third-order valence-electron chi connectivity index (χ3n) is 2.76. The van der Waals surface area contributed by atoms with Gasteiger partial charge >= 0.3 is 0 Å². The number of fused-ring (bicyclic) bond motifs is 1. The monoisotopic (exact) mass is 203 g/mol. The summed E-state index contributed by atoms with van der Waals surface area (Å²) in [7, 11) is 0. The van der Waals surface area contributed by atoms with Gasteiger partial charge in [0.1, 0.15) is 0 Å². The van der Waals surface area contributed by atoms with Gasteiger partial charge in [-0.2, -0.15) is 5.10 Å². The van der Waals surface area contributed by atoms with E-state index in [4.69, 9.17) is 0 Å². The molecule has 2 aromatic rings. The molecule has 0 spiro atoms. The molecule has 0 bridgehead atoms. The van der Waals surface area contributed by atoms with Crippen LogP contribution < -0.4 is 0 Å². The van der Waals surface area contributed by atoms with Crippen LogP contribution in [-0.4, -0.2) is 15.1 Å². The molecule has 1 heterocycles. The molecule has 76 valence electrons. The van der Waals surface area contributed by atoms with Crippen LogP contribution in [0, 0.1) is 10.1 Å². The van der Waals surface area contributed by atoms with Crippen molar-refractivity contribution in [3.05, 3.63) is 34.0 Å². The second-order valence-electron chi connectivity index (χ2n) is 3.87. The summed E-state index contributed by atoms with van der Waals surface area (Å²) in [6.07, 6.45) is 2.31. The number of hydrogen-bond donors (Lipinski definition) is 1. The van der Waals surface area contributed by atoms with E-state index in [1.54, 1.807) is 12.1 Å². The van der Waals surface area contributed by atoms with Crippen molar-refractivity contribution in [1.29, 1.82) is 0 Å². The van der Waals surface area contributed by atoms with Gasteiger partial charge in [0.05, 0.1) is 10.4 Å². The fourth-order valence-corrected chi connectivity index (χ4v) is 1.81. The summed E-state index contributed by atoms with van der Waals surface area (Å²) in [5.74, 6) is 0.525. The lowest BCUT2D eigenvalue weighted by atomic mass is 10.1. The van der Waals surface area contributed by atoms with E-state index in [-0.39, 0.29) is 10.6 Å². The molecule has 5 nitrogen and oxygen atoms in total. The zero-order chi connectivity index (χ0) is 10.4. The maximum absolute atomic E-state index is 10.6. The van der Waals surface area contributed by atoms with Crippen LogP contribution >= 0.6 is 0 Å². The molecule has 0 saturated heterocycles. The zero-order valence-electron chi connectivity index (χ0n) is 7.93. The summed E-state index contributed by atoms with van der Waals surface area (Å²) >= 11 is 0. The highest BCUT2D eigenvalue weighted by Crippen LogP contribution is 2.42. The van der Waals surface area contributed by atoms with Gasteiger partial charge in [0.15, 0.2) is 0 Å². The summed E-state index contributed by atoms with van der Waals surface area (Å²) in [5, 5.41) is 18.6. The number of non-ortho nitro benzene ring substituents is 1. The number of H-pyrrole nitrogens is 1. The highest BCUT2D eigenvalue weighted by Gasteiger charge is 2.27. The number of aromatic amines is 1.